The Kier molecular flexibility index (Phi) is 5.56. The predicted molar refractivity (Wildman–Crippen MR) is 85.4 cm³/mol. The summed E-state index contributed by atoms with van der Waals surface area (Å²) in [5, 5.41) is 3.08. The molecule has 1 amide bonds. The first-order valence-electron chi connectivity index (χ1n) is 6.91. The first-order valence-corrected chi connectivity index (χ1v) is 7.29. The van der Waals surface area contributed by atoms with E-state index in [9.17, 15) is 18.0 Å². The van der Waals surface area contributed by atoms with Crippen molar-refractivity contribution in [3.8, 4) is 5.75 Å². The second kappa shape index (κ2) is 7.46. The second-order valence-electron chi connectivity index (χ2n) is 5.05. The average molecular weight is 370 g/mol. The zero-order valence-corrected chi connectivity index (χ0v) is 13.6. The molecule has 2 aromatic carbocycles. The minimum absolute atomic E-state index is 0.0361. The van der Waals surface area contributed by atoms with Gasteiger partial charge >= 0.3 is 6.18 Å². The molecule has 0 aliphatic heterocycles. The van der Waals surface area contributed by atoms with Crippen molar-refractivity contribution in [1.82, 2.24) is 0 Å². The van der Waals surface area contributed by atoms with E-state index in [1.807, 2.05) is 0 Å². The Morgan fingerprint density at radius 3 is 2.68 bits per heavy atom. The van der Waals surface area contributed by atoms with Gasteiger partial charge in [0.2, 0.25) is 5.91 Å². The topological polar surface area (TPSA) is 75.1 Å². The number of halogens is 4. The fourth-order valence-electron chi connectivity index (χ4n) is 2.14. The second-order valence-corrected chi connectivity index (χ2v) is 5.45. The van der Waals surface area contributed by atoms with Gasteiger partial charge in [-0.1, -0.05) is 35.4 Å². The van der Waals surface area contributed by atoms with Gasteiger partial charge < -0.3 is 4.74 Å². The fraction of sp³-hybridized carbons (Fsp3) is 0.188. The summed E-state index contributed by atoms with van der Waals surface area (Å²) in [5.41, 5.74) is 7.96. The van der Waals surface area contributed by atoms with Crippen LogP contribution in [0.25, 0.3) is 10.4 Å². The van der Waals surface area contributed by atoms with E-state index in [1.54, 1.807) is 0 Å². The molecule has 130 valence electrons. The Labute approximate surface area is 145 Å². The SMILES string of the molecule is Cc1ccc(OCc2c(Cl)cccc2C(=O)N=[N+]=[N-])c(C(F)(F)F)c1. The van der Waals surface area contributed by atoms with Gasteiger partial charge in [-0.25, -0.2) is 0 Å². The molecule has 0 saturated carbocycles. The monoisotopic (exact) mass is 369 g/mol. The van der Waals surface area contributed by atoms with Crippen molar-refractivity contribution in [2.24, 2.45) is 5.11 Å². The van der Waals surface area contributed by atoms with E-state index in [-0.39, 0.29) is 21.9 Å². The molecule has 0 N–H and O–H groups in total. The van der Waals surface area contributed by atoms with E-state index in [2.05, 4.69) is 10.0 Å². The van der Waals surface area contributed by atoms with E-state index < -0.39 is 24.3 Å². The molecular formula is C16H11ClF3N3O2. The molecule has 0 aromatic heterocycles. The summed E-state index contributed by atoms with van der Waals surface area (Å²) in [4.78, 5) is 14.2. The van der Waals surface area contributed by atoms with Gasteiger partial charge in [0.05, 0.1) is 5.56 Å². The van der Waals surface area contributed by atoms with Crippen LogP contribution in [0.5, 0.6) is 5.75 Å². The lowest BCUT2D eigenvalue weighted by molar-refractivity contribution is -0.139. The highest BCUT2D eigenvalue weighted by molar-refractivity contribution is 6.31. The van der Waals surface area contributed by atoms with Crippen molar-refractivity contribution in [3.63, 3.8) is 0 Å². The van der Waals surface area contributed by atoms with Crippen LogP contribution in [0.4, 0.5) is 13.2 Å². The molecule has 0 heterocycles. The largest absolute Gasteiger partial charge is 0.488 e. The van der Waals surface area contributed by atoms with Crippen molar-refractivity contribution in [2.75, 3.05) is 0 Å². The van der Waals surface area contributed by atoms with Crippen molar-refractivity contribution >= 4 is 17.5 Å². The number of azide groups is 1. The van der Waals surface area contributed by atoms with Gasteiger partial charge in [0.1, 0.15) is 12.4 Å². The molecule has 9 heteroatoms. The fourth-order valence-corrected chi connectivity index (χ4v) is 2.37. The summed E-state index contributed by atoms with van der Waals surface area (Å²) in [6, 6.07) is 7.90. The van der Waals surface area contributed by atoms with Crippen molar-refractivity contribution < 1.29 is 22.7 Å². The molecule has 2 rings (SSSR count). The molecule has 0 radical (unpaired) electrons. The Bertz CT molecular complexity index is 862. The van der Waals surface area contributed by atoms with Crippen molar-refractivity contribution in [2.45, 2.75) is 19.7 Å². The number of rotatable bonds is 4. The Morgan fingerprint density at radius 1 is 1.32 bits per heavy atom. The molecule has 25 heavy (non-hydrogen) atoms. The Hall–Kier alpha value is -2.70. The number of benzene rings is 2. The number of alkyl halides is 3. The number of hydrogen-bond donors (Lipinski definition) is 0. The highest BCUT2D eigenvalue weighted by atomic mass is 35.5. The summed E-state index contributed by atoms with van der Waals surface area (Å²) < 4.78 is 44.6. The maximum atomic E-state index is 13.1. The van der Waals surface area contributed by atoms with Gasteiger partial charge in [0.25, 0.3) is 0 Å². The number of hydrogen-bond acceptors (Lipinski definition) is 2. The van der Waals surface area contributed by atoms with E-state index in [4.69, 9.17) is 21.9 Å². The van der Waals surface area contributed by atoms with Crippen LogP contribution in [-0.4, -0.2) is 5.91 Å². The third-order valence-corrected chi connectivity index (χ3v) is 3.65. The molecule has 0 bridgehead atoms. The minimum atomic E-state index is -4.59. The summed E-state index contributed by atoms with van der Waals surface area (Å²) in [6.07, 6.45) is -4.59. The van der Waals surface area contributed by atoms with Gasteiger partial charge in [0, 0.05) is 21.1 Å². The number of aryl methyl sites for hydroxylation is 1. The van der Waals surface area contributed by atoms with Crippen molar-refractivity contribution in [1.29, 1.82) is 0 Å². The van der Waals surface area contributed by atoms with Crippen LogP contribution < -0.4 is 4.74 Å². The standard InChI is InChI=1S/C16H11ClF3N3O2/c1-9-5-6-14(12(7-9)16(18,19)20)25-8-11-10(15(24)22-23-21)3-2-4-13(11)17/h2-7H,8H2,1H3. The smallest absolute Gasteiger partial charge is 0.419 e. The quantitative estimate of drug-likeness (QED) is 0.394. The van der Waals surface area contributed by atoms with Crippen molar-refractivity contribution in [3.05, 3.63) is 74.1 Å². The van der Waals surface area contributed by atoms with Gasteiger partial charge in [-0.15, -0.1) is 0 Å². The van der Waals surface area contributed by atoms with E-state index in [0.29, 0.717) is 5.56 Å². The first-order chi connectivity index (χ1) is 11.7. The molecule has 0 unspecified atom stereocenters. The molecule has 0 spiro atoms. The van der Waals surface area contributed by atoms with Crippen LogP contribution in [0.1, 0.15) is 27.0 Å². The van der Waals surface area contributed by atoms with Crippen LogP contribution in [0, 0.1) is 6.92 Å². The van der Waals surface area contributed by atoms with Crippen LogP contribution in [0.15, 0.2) is 41.5 Å². The van der Waals surface area contributed by atoms with Crippen LogP contribution in [0.2, 0.25) is 5.02 Å². The summed E-state index contributed by atoms with van der Waals surface area (Å²) in [6.45, 7) is 1.14. The average Bonchev–Trinajstić information content (AvgIpc) is 2.53. The maximum absolute atomic E-state index is 13.1. The van der Waals surface area contributed by atoms with Crippen LogP contribution in [-0.2, 0) is 12.8 Å². The highest BCUT2D eigenvalue weighted by Gasteiger charge is 2.34. The number of ether oxygens (including phenoxy) is 1. The third-order valence-electron chi connectivity index (χ3n) is 3.30. The van der Waals surface area contributed by atoms with Gasteiger partial charge in [-0.05, 0) is 35.8 Å². The number of carbonyl (C=O) groups is 1. The summed E-state index contributed by atoms with van der Waals surface area (Å²) in [5.74, 6) is -1.29. The number of nitrogens with zero attached hydrogens (tertiary/aromatic N) is 3. The van der Waals surface area contributed by atoms with E-state index in [0.717, 1.165) is 6.07 Å². The minimum Gasteiger partial charge on any atom is -0.488 e. The number of carbonyl (C=O) groups excluding carboxylic acids is 1. The molecule has 0 aliphatic carbocycles. The zero-order valence-electron chi connectivity index (χ0n) is 12.8. The molecule has 0 aliphatic rings. The van der Waals surface area contributed by atoms with Gasteiger partial charge in [-0.2, -0.15) is 13.2 Å². The van der Waals surface area contributed by atoms with Crippen LogP contribution >= 0.6 is 11.6 Å². The lowest BCUT2D eigenvalue weighted by atomic mass is 10.1. The Balaban J connectivity index is 2.38. The lowest BCUT2D eigenvalue weighted by Gasteiger charge is -2.16. The maximum Gasteiger partial charge on any atom is 0.419 e. The van der Waals surface area contributed by atoms with E-state index in [1.165, 1.54) is 37.3 Å². The van der Waals surface area contributed by atoms with Crippen LogP contribution in [0.3, 0.4) is 0 Å². The van der Waals surface area contributed by atoms with Gasteiger partial charge in [0.15, 0.2) is 0 Å². The molecule has 0 saturated heterocycles. The molecule has 0 atom stereocenters. The number of amides is 1. The molecule has 0 fully saturated rings. The summed E-state index contributed by atoms with van der Waals surface area (Å²) >= 11 is 6.01. The Morgan fingerprint density at radius 2 is 2.04 bits per heavy atom. The summed E-state index contributed by atoms with van der Waals surface area (Å²) in [7, 11) is 0. The highest BCUT2D eigenvalue weighted by Crippen LogP contribution is 2.37. The van der Waals surface area contributed by atoms with Gasteiger partial charge in [-0.3, -0.25) is 4.79 Å². The predicted octanol–water partition coefficient (Wildman–Crippen LogP) is 5.70. The zero-order chi connectivity index (χ0) is 18.6. The molecular weight excluding hydrogens is 359 g/mol. The third kappa shape index (κ3) is 4.43. The first kappa shape index (κ1) is 18.6. The van der Waals surface area contributed by atoms with E-state index >= 15 is 0 Å². The molecule has 2 aromatic rings. The lowest BCUT2D eigenvalue weighted by Crippen LogP contribution is -2.10. The molecule has 5 nitrogen and oxygen atoms in total. The normalized spacial score (nSPS) is 10.9.